The lowest BCUT2D eigenvalue weighted by atomic mass is 10.2. The van der Waals surface area contributed by atoms with E-state index in [0.29, 0.717) is 15.6 Å². The van der Waals surface area contributed by atoms with E-state index in [-0.39, 0.29) is 18.8 Å². The van der Waals surface area contributed by atoms with Gasteiger partial charge in [0.1, 0.15) is 18.8 Å². The summed E-state index contributed by atoms with van der Waals surface area (Å²) >= 11 is 11.9. The van der Waals surface area contributed by atoms with Crippen LogP contribution in [-0.4, -0.2) is 18.4 Å². The van der Waals surface area contributed by atoms with Gasteiger partial charge >= 0.3 is 5.97 Å². The highest BCUT2D eigenvalue weighted by Gasteiger charge is 2.05. The molecule has 0 aliphatic carbocycles. The van der Waals surface area contributed by atoms with Gasteiger partial charge in [-0.2, -0.15) is 0 Å². The summed E-state index contributed by atoms with van der Waals surface area (Å²) in [5.74, 6) is -0.768. The van der Waals surface area contributed by atoms with Crippen LogP contribution >= 0.6 is 23.2 Å². The highest BCUT2D eigenvalue weighted by atomic mass is 35.5. The highest BCUT2D eigenvalue weighted by Crippen LogP contribution is 2.25. The van der Waals surface area contributed by atoms with Crippen LogP contribution in [0.1, 0.15) is 18.9 Å². The maximum Gasteiger partial charge on any atom is 0.313 e. The summed E-state index contributed by atoms with van der Waals surface area (Å²) in [6.07, 6.45) is 3.08. The molecule has 1 rings (SSSR count). The number of ketones is 1. The number of carbonyl (C=O) groups is 2. The number of benzene rings is 1. The number of rotatable bonds is 5. The molecule has 1 aromatic carbocycles. The van der Waals surface area contributed by atoms with Crippen LogP contribution in [-0.2, 0) is 14.3 Å². The minimum absolute atomic E-state index is 0.0770. The molecular formula is C13H12Cl2O3. The van der Waals surface area contributed by atoms with E-state index in [1.165, 1.54) is 6.92 Å². The van der Waals surface area contributed by atoms with Crippen LogP contribution in [0.15, 0.2) is 24.3 Å². The molecule has 0 bridgehead atoms. The van der Waals surface area contributed by atoms with E-state index in [0.717, 1.165) is 0 Å². The van der Waals surface area contributed by atoms with Gasteiger partial charge in [-0.25, -0.2) is 0 Å². The van der Waals surface area contributed by atoms with Gasteiger partial charge in [0.05, 0.1) is 0 Å². The van der Waals surface area contributed by atoms with E-state index < -0.39 is 5.97 Å². The fourth-order valence-electron chi connectivity index (χ4n) is 1.23. The lowest BCUT2D eigenvalue weighted by molar-refractivity contribution is -0.144. The number of ether oxygens (including phenoxy) is 1. The topological polar surface area (TPSA) is 43.4 Å². The van der Waals surface area contributed by atoms with Crippen molar-refractivity contribution < 1.29 is 14.3 Å². The van der Waals surface area contributed by atoms with Crippen LogP contribution in [0.3, 0.4) is 0 Å². The molecule has 3 nitrogen and oxygen atoms in total. The molecule has 5 heteroatoms. The molecule has 0 aliphatic rings. The molecule has 0 saturated heterocycles. The summed E-state index contributed by atoms with van der Waals surface area (Å²) in [6.45, 7) is 1.41. The Hall–Kier alpha value is -1.32. The minimum atomic E-state index is -0.544. The first-order chi connectivity index (χ1) is 8.50. The summed E-state index contributed by atoms with van der Waals surface area (Å²) in [7, 11) is 0. The zero-order valence-electron chi connectivity index (χ0n) is 9.78. The lowest BCUT2D eigenvalue weighted by Gasteiger charge is -2.01. The third-order valence-corrected chi connectivity index (χ3v) is 2.68. The van der Waals surface area contributed by atoms with Crippen molar-refractivity contribution in [3.8, 4) is 0 Å². The molecule has 0 heterocycles. The molecule has 0 unspecified atom stereocenters. The fraction of sp³-hybridized carbons (Fsp3) is 0.231. The molecular weight excluding hydrogens is 275 g/mol. The Bertz CT molecular complexity index is 461. The van der Waals surface area contributed by atoms with Gasteiger partial charge in [-0.3, -0.25) is 9.59 Å². The average Bonchev–Trinajstić information content (AvgIpc) is 2.26. The molecule has 0 spiro atoms. The largest absolute Gasteiger partial charge is 0.461 e. The van der Waals surface area contributed by atoms with Crippen LogP contribution in [0.25, 0.3) is 6.08 Å². The van der Waals surface area contributed by atoms with Crippen molar-refractivity contribution >= 4 is 41.0 Å². The SMILES string of the molecule is CC(=O)CC(=O)OCC=Cc1c(Cl)cccc1Cl. The molecule has 0 atom stereocenters. The quantitative estimate of drug-likeness (QED) is 0.614. The van der Waals surface area contributed by atoms with Gasteiger partial charge in [0.2, 0.25) is 0 Å². The molecule has 0 fully saturated rings. The number of Topliss-reactive ketones (excluding diaryl/α,β-unsaturated/α-hetero) is 1. The first-order valence-electron chi connectivity index (χ1n) is 5.26. The zero-order valence-corrected chi connectivity index (χ0v) is 11.3. The fourth-order valence-corrected chi connectivity index (χ4v) is 1.75. The van der Waals surface area contributed by atoms with Crippen molar-refractivity contribution in [1.82, 2.24) is 0 Å². The lowest BCUT2D eigenvalue weighted by Crippen LogP contribution is -2.08. The van der Waals surface area contributed by atoms with Crippen molar-refractivity contribution in [3.05, 3.63) is 39.9 Å². The Morgan fingerprint density at radius 2 is 1.89 bits per heavy atom. The van der Waals surface area contributed by atoms with Crippen LogP contribution in [0.5, 0.6) is 0 Å². The van der Waals surface area contributed by atoms with Gasteiger partial charge < -0.3 is 4.74 Å². The average molecular weight is 287 g/mol. The van der Waals surface area contributed by atoms with Gasteiger partial charge in [0.25, 0.3) is 0 Å². The standard InChI is InChI=1S/C13H12Cl2O3/c1-9(16)8-13(17)18-7-3-4-10-11(14)5-2-6-12(10)15/h2-6H,7-8H2,1H3. The molecule has 1 aromatic rings. The molecule has 0 aliphatic heterocycles. The number of carbonyl (C=O) groups excluding carboxylic acids is 2. The van der Waals surface area contributed by atoms with Gasteiger partial charge in [0, 0.05) is 15.6 Å². The Balaban J connectivity index is 2.51. The van der Waals surface area contributed by atoms with Gasteiger partial charge in [-0.05, 0) is 25.1 Å². The van der Waals surface area contributed by atoms with Gasteiger partial charge in [-0.1, -0.05) is 35.3 Å². The van der Waals surface area contributed by atoms with Crippen molar-refractivity contribution in [1.29, 1.82) is 0 Å². The third-order valence-electron chi connectivity index (χ3n) is 2.02. The van der Waals surface area contributed by atoms with E-state index >= 15 is 0 Å². The first kappa shape index (κ1) is 14.7. The summed E-state index contributed by atoms with van der Waals surface area (Å²) in [5.41, 5.74) is 0.670. The van der Waals surface area contributed by atoms with Gasteiger partial charge in [-0.15, -0.1) is 0 Å². The molecule has 0 saturated carbocycles. The number of hydrogen-bond acceptors (Lipinski definition) is 3. The van der Waals surface area contributed by atoms with Crippen molar-refractivity contribution in [2.24, 2.45) is 0 Å². The second-order valence-electron chi connectivity index (χ2n) is 3.60. The van der Waals surface area contributed by atoms with E-state index in [9.17, 15) is 9.59 Å². The third kappa shape index (κ3) is 4.90. The zero-order chi connectivity index (χ0) is 13.5. The summed E-state index contributed by atoms with van der Waals surface area (Å²) in [6, 6.07) is 5.18. The second-order valence-corrected chi connectivity index (χ2v) is 4.41. The van der Waals surface area contributed by atoms with E-state index in [4.69, 9.17) is 27.9 Å². The number of esters is 1. The van der Waals surface area contributed by atoms with Crippen molar-refractivity contribution in [2.45, 2.75) is 13.3 Å². The van der Waals surface area contributed by atoms with Crippen LogP contribution in [0.4, 0.5) is 0 Å². The number of halogens is 2. The Morgan fingerprint density at radius 1 is 1.28 bits per heavy atom. The monoisotopic (exact) mass is 286 g/mol. The van der Waals surface area contributed by atoms with E-state index in [1.54, 1.807) is 30.4 Å². The van der Waals surface area contributed by atoms with E-state index in [1.807, 2.05) is 0 Å². The smallest absolute Gasteiger partial charge is 0.313 e. The predicted molar refractivity (Wildman–Crippen MR) is 71.8 cm³/mol. The van der Waals surface area contributed by atoms with Crippen LogP contribution < -0.4 is 0 Å². The van der Waals surface area contributed by atoms with Crippen LogP contribution in [0, 0.1) is 0 Å². The van der Waals surface area contributed by atoms with Gasteiger partial charge in [0.15, 0.2) is 0 Å². The van der Waals surface area contributed by atoms with Crippen LogP contribution in [0.2, 0.25) is 10.0 Å². The van der Waals surface area contributed by atoms with E-state index in [2.05, 4.69) is 0 Å². The molecule has 0 aromatic heterocycles. The van der Waals surface area contributed by atoms with Crippen molar-refractivity contribution in [3.63, 3.8) is 0 Å². The highest BCUT2D eigenvalue weighted by molar-refractivity contribution is 6.37. The molecule has 96 valence electrons. The molecule has 18 heavy (non-hydrogen) atoms. The normalized spacial score (nSPS) is 10.6. The Morgan fingerprint density at radius 3 is 2.44 bits per heavy atom. The summed E-state index contributed by atoms with van der Waals surface area (Å²) in [5, 5.41) is 1.04. The Labute approximate surface area is 115 Å². The maximum atomic E-state index is 11.1. The molecule has 0 radical (unpaired) electrons. The molecule has 0 N–H and O–H groups in total. The summed E-state index contributed by atoms with van der Waals surface area (Å²) < 4.78 is 4.82. The predicted octanol–water partition coefficient (Wildman–Crippen LogP) is 3.53. The van der Waals surface area contributed by atoms with Crippen molar-refractivity contribution in [2.75, 3.05) is 6.61 Å². The minimum Gasteiger partial charge on any atom is -0.461 e. The second kappa shape index (κ2) is 7.19. The molecule has 0 amide bonds. The number of hydrogen-bond donors (Lipinski definition) is 0. The maximum absolute atomic E-state index is 11.1. The first-order valence-corrected chi connectivity index (χ1v) is 6.02. The summed E-state index contributed by atoms with van der Waals surface area (Å²) in [4.78, 5) is 21.7. The Kier molecular flexibility index (Phi) is 5.89.